The van der Waals surface area contributed by atoms with Crippen LogP contribution in [0.25, 0.3) is 0 Å². The molecule has 32 heavy (non-hydrogen) atoms. The SMILES string of the molecule is O=C(CN(c1ccccc1)S(=O)(=O)c1ccccc1)N1CCN(Cc2ccccc2)CC1. The minimum absolute atomic E-state index is 0.171. The second-order valence-electron chi connectivity index (χ2n) is 7.80. The third-order valence-corrected chi connectivity index (χ3v) is 7.42. The molecule has 0 atom stereocenters. The van der Waals surface area contributed by atoms with Gasteiger partial charge in [0.1, 0.15) is 6.54 Å². The molecule has 0 saturated carbocycles. The predicted octanol–water partition coefficient (Wildman–Crippen LogP) is 3.23. The maximum absolute atomic E-state index is 13.4. The molecular weight excluding hydrogens is 422 g/mol. The van der Waals surface area contributed by atoms with Gasteiger partial charge in [0, 0.05) is 32.7 Å². The Labute approximate surface area is 189 Å². The first-order valence-electron chi connectivity index (χ1n) is 10.7. The highest BCUT2D eigenvalue weighted by Crippen LogP contribution is 2.23. The van der Waals surface area contributed by atoms with Crippen molar-refractivity contribution in [3.8, 4) is 0 Å². The number of rotatable bonds is 7. The van der Waals surface area contributed by atoms with E-state index in [1.165, 1.54) is 9.87 Å². The topological polar surface area (TPSA) is 60.9 Å². The second-order valence-corrected chi connectivity index (χ2v) is 9.67. The number of benzene rings is 3. The van der Waals surface area contributed by atoms with E-state index in [9.17, 15) is 13.2 Å². The van der Waals surface area contributed by atoms with Crippen molar-refractivity contribution in [1.82, 2.24) is 9.80 Å². The number of hydrogen-bond donors (Lipinski definition) is 0. The van der Waals surface area contributed by atoms with E-state index in [4.69, 9.17) is 0 Å². The number of carbonyl (C=O) groups is 1. The average molecular weight is 450 g/mol. The van der Waals surface area contributed by atoms with Gasteiger partial charge in [-0.1, -0.05) is 66.7 Å². The van der Waals surface area contributed by atoms with E-state index >= 15 is 0 Å². The molecule has 0 radical (unpaired) electrons. The molecule has 1 aliphatic rings. The van der Waals surface area contributed by atoms with Gasteiger partial charge < -0.3 is 4.90 Å². The lowest BCUT2D eigenvalue weighted by Crippen LogP contribution is -2.51. The predicted molar refractivity (Wildman–Crippen MR) is 126 cm³/mol. The molecule has 7 heteroatoms. The fraction of sp³-hybridized carbons (Fsp3) is 0.240. The van der Waals surface area contributed by atoms with Gasteiger partial charge in [-0.15, -0.1) is 0 Å². The second kappa shape index (κ2) is 9.97. The lowest BCUT2D eigenvalue weighted by atomic mass is 10.2. The van der Waals surface area contributed by atoms with Crippen LogP contribution in [0, 0.1) is 0 Å². The molecule has 0 bridgehead atoms. The number of sulfonamides is 1. The summed E-state index contributed by atoms with van der Waals surface area (Å²) in [5, 5.41) is 0. The van der Waals surface area contributed by atoms with Crippen LogP contribution in [0.3, 0.4) is 0 Å². The van der Waals surface area contributed by atoms with Gasteiger partial charge in [-0.05, 0) is 29.8 Å². The molecule has 0 N–H and O–H groups in total. The number of amides is 1. The Bertz CT molecular complexity index is 1110. The van der Waals surface area contributed by atoms with Gasteiger partial charge in [-0.2, -0.15) is 0 Å². The van der Waals surface area contributed by atoms with E-state index in [1.54, 1.807) is 59.5 Å². The van der Waals surface area contributed by atoms with Crippen molar-refractivity contribution in [1.29, 1.82) is 0 Å². The van der Waals surface area contributed by atoms with E-state index in [-0.39, 0.29) is 17.3 Å². The fourth-order valence-corrected chi connectivity index (χ4v) is 5.28. The molecule has 1 heterocycles. The molecule has 0 aromatic heterocycles. The minimum Gasteiger partial charge on any atom is -0.339 e. The lowest BCUT2D eigenvalue weighted by Gasteiger charge is -2.36. The summed E-state index contributed by atoms with van der Waals surface area (Å²) in [4.78, 5) is 17.4. The molecule has 0 aliphatic carbocycles. The standard InChI is InChI=1S/C25H27N3O3S/c29-25(27-18-16-26(17-19-27)20-22-10-4-1-5-11-22)21-28(23-12-6-2-7-13-23)32(30,31)24-14-8-3-9-15-24/h1-15H,16-21H2. The van der Waals surface area contributed by atoms with Crippen molar-refractivity contribution in [3.05, 3.63) is 96.6 Å². The van der Waals surface area contributed by atoms with Crippen LogP contribution in [0.1, 0.15) is 5.56 Å². The van der Waals surface area contributed by atoms with E-state index in [1.807, 2.05) is 24.3 Å². The molecule has 0 unspecified atom stereocenters. The zero-order valence-corrected chi connectivity index (χ0v) is 18.7. The van der Waals surface area contributed by atoms with Crippen LogP contribution in [0.4, 0.5) is 5.69 Å². The van der Waals surface area contributed by atoms with Gasteiger partial charge in [0.15, 0.2) is 0 Å². The minimum atomic E-state index is -3.86. The van der Waals surface area contributed by atoms with Gasteiger partial charge in [-0.25, -0.2) is 8.42 Å². The molecule has 3 aromatic carbocycles. The number of hydrogen-bond acceptors (Lipinski definition) is 4. The summed E-state index contributed by atoms with van der Waals surface area (Å²) in [6, 6.07) is 27.3. The van der Waals surface area contributed by atoms with Gasteiger partial charge in [0.05, 0.1) is 10.6 Å². The summed E-state index contributed by atoms with van der Waals surface area (Å²) < 4.78 is 27.9. The van der Waals surface area contributed by atoms with Crippen molar-refractivity contribution in [2.45, 2.75) is 11.4 Å². The van der Waals surface area contributed by atoms with Crippen LogP contribution in [-0.2, 0) is 21.4 Å². The smallest absolute Gasteiger partial charge is 0.264 e. The summed E-state index contributed by atoms with van der Waals surface area (Å²) in [5.41, 5.74) is 1.73. The van der Waals surface area contributed by atoms with Crippen molar-refractivity contribution in [2.24, 2.45) is 0 Å². The van der Waals surface area contributed by atoms with Gasteiger partial charge in [-0.3, -0.25) is 14.0 Å². The van der Waals surface area contributed by atoms with E-state index in [0.29, 0.717) is 18.8 Å². The third-order valence-electron chi connectivity index (χ3n) is 5.63. The Morgan fingerprint density at radius 3 is 1.88 bits per heavy atom. The molecule has 3 aromatic rings. The lowest BCUT2D eigenvalue weighted by molar-refractivity contribution is -0.131. The van der Waals surface area contributed by atoms with Crippen molar-refractivity contribution >= 4 is 21.6 Å². The number of anilines is 1. The summed E-state index contributed by atoms with van der Waals surface area (Å²) in [7, 11) is -3.86. The maximum Gasteiger partial charge on any atom is 0.264 e. The molecule has 4 rings (SSSR count). The van der Waals surface area contributed by atoms with Gasteiger partial charge in [0.25, 0.3) is 10.0 Å². The maximum atomic E-state index is 13.4. The Hall–Kier alpha value is -3.16. The molecule has 0 spiro atoms. The fourth-order valence-electron chi connectivity index (χ4n) is 3.85. The van der Waals surface area contributed by atoms with Crippen LogP contribution in [0.5, 0.6) is 0 Å². The number of piperazine rings is 1. The molecule has 166 valence electrons. The average Bonchev–Trinajstić information content (AvgIpc) is 2.84. The van der Waals surface area contributed by atoms with Crippen LogP contribution in [-0.4, -0.2) is 56.8 Å². The zero-order chi connectivity index (χ0) is 22.4. The Balaban J connectivity index is 1.45. The first-order chi connectivity index (χ1) is 15.5. The highest BCUT2D eigenvalue weighted by atomic mass is 32.2. The number of para-hydroxylation sites is 1. The zero-order valence-electron chi connectivity index (χ0n) is 17.9. The first-order valence-corrected chi connectivity index (χ1v) is 12.1. The molecule has 1 saturated heterocycles. The highest BCUT2D eigenvalue weighted by Gasteiger charge is 2.30. The Morgan fingerprint density at radius 1 is 0.750 bits per heavy atom. The van der Waals surface area contributed by atoms with E-state index in [0.717, 1.165) is 19.6 Å². The summed E-state index contributed by atoms with van der Waals surface area (Å²) in [6.45, 7) is 3.31. The van der Waals surface area contributed by atoms with Crippen molar-refractivity contribution < 1.29 is 13.2 Å². The molecule has 1 fully saturated rings. The van der Waals surface area contributed by atoms with Crippen LogP contribution in [0.15, 0.2) is 95.9 Å². The normalized spacial score (nSPS) is 14.8. The quantitative estimate of drug-likeness (QED) is 0.556. The molecule has 1 aliphatic heterocycles. The van der Waals surface area contributed by atoms with E-state index < -0.39 is 10.0 Å². The third kappa shape index (κ3) is 5.18. The molecule has 1 amide bonds. The van der Waals surface area contributed by atoms with Crippen molar-refractivity contribution in [2.75, 3.05) is 37.0 Å². The van der Waals surface area contributed by atoms with E-state index in [2.05, 4.69) is 17.0 Å². The summed E-state index contributed by atoms with van der Waals surface area (Å²) >= 11 is 0. The first kappa shape index (κ1) is 22.0. The van der Waals surface area contributed by atoms with Gasteiger partial charge >= 0.3 is 0 Å². The Kier molecular flexibility index (Phi) is 6.87. The highest BCUT2D eigenvalue weighted by molar-refractivity contribution is 7.92. The molecule has 6 nitrogen and oxygen atoms in total. The van der Waals surface area contributed by atoms with Crippen LogP contribution in [0.2, 0.25) is 0 Å². The van der Waals surface area contributed by atoms with Gasteiger partial charge in [0.2, 0.25) is 5.91 Å². The summed E-state index contributed by atoms with van der Waals surface area (Å²) in [5.74, 6) is -0.187. The van der Waals surface area contributed by atoms with Crippen LogP contribution < -0.4 is 4.31 Å². The number of nitrogens with zero attached hydrogens (tertiary/aromatic N) is 3. The van der Waals surface area contributed by atoms with Crippen molar-refractivity contribution in [3.63, 3.8) is 0 Å². The monoisotopic (exact) mass is 449 g/mol. The number of carbonyl (C=O) groups excluding carboxylic acids is 1. The van der Waals surface area contributed by atoms with Crippen LogP contribution >= 0.6 is 0 Å². The molecular formula is C25H27N3O3S. The largest absolute Gasteiger partial charge is 0.339 e. The summed E-state index contributed by atoms with van der Waals surface area (Å²) in [6.07, 6.45) is 0. The Morgan fingerprint density at radius 2 is 1.28 bits per heavy atom.